The van der Waals surface area contributed by atoms with Gasteiger partial charge in [-0.05, 0) is 44.0 Å². The van der Waals surface area contributed by atoms with Gasteiger partial charge in [-0.3, -0.25) is 14.3 Å². The average Bonchev–Trinajstić information content (AvgIpc) is 3.17. The molecule has 11 heteroatoms. The fourth-order valence-electron chi connectivity index (χ4n) is 4.70. The number of carbonyl (C=O) groups is 2. The molecule has 2 amide bonds. The highest BCUT2D eigenvalue weighted by molar-refractivity contribution is 6.00. The maximum Gasteiger partial charge on any atom is 0.390 e. The van der Waals surface area contributed by atoms with Crippen molar-refractivity contribution < 1.29 is 27.2 Å². The number of likely N-dealkylation sites (tertiary alicyclic amines) is 1. The number of primary amides is 1. The second-order valence-corrected chi connectivity index (χ2v) is 8.94. The molecule has 0 aliphatic carbocycles. The van der Waals surface area contributed by atoms with Gasteiger partial charge in [0.2, 0.25) is 5.91 Å². The van der Waals surface area contributed by atoms with Crippen LogP contribution in [0.4, 0.5) is 17.6 Å². The molecule has 1 aromatic carbocycles. The number of amides is 2. The van der Waals surface area contributed by atoms with Crippen LogP contribution < -0.4 is 5.73 Å². The van der Waals surface area contributed by atoms with Crippen LogP contribution in [0.15, 0.2) is 24.3 Å². The molecular weight excluding hydrogens is 454 g/mol. The first-order valence-corrected chi connectivity index (χ1v) is 11.3. The number of alkyl halides is 3. The number of piperidine rings is 1. The predicted molar refractivity (Wildman–Crippen MR) is 116 cm³/mol. The summed E-state index contributed by atoms with van der Waals surface area (Å²) >= 11 is 0. The lowest BCUT2D eigenvalue weighted by molar-refractivity contribution is -0.138. The highest BCUT2D eigenvalue weighted by Gasteiger charge is 2.32. The van der Waals surface area contributed by atoms with E-state index in [2.05, 4.69) is 5.10 Å². The maximum absolute atomic E-state index is 13.7. The molecule has 4 rings (SSSR count). The van der Waals surface area contributed by atoms with Gasteiger partial charge in [-0.1, -0.05) is 12.1 Å². The van der Waals surface area contributed by atoms with E-state index in [-0.39, 0.29) is 30.5 Å². The van der Waals surface area contributed by atoms with Crippen molar-refractivity contribution in [3.63, 3.8) is 0 Å². The van der Waals surface area contributed by atoms with Crippen molar-refractivity contribution in [1.29, 1.82) is 0 Å². The van der Waals surface area contributed by atoms with Gasteiger partial charge in [0.05, 0.1) is 30.8 Å². The number of benzene rings is 1. The minimum absolute atomic E-state index is 0.0101. The van der Waals surface area contributed by atoms with Crippen molar-refractivity contribution in [3.8, 4) is 11.3 Å². The third kappa shape index (κ3) is 5.57. The van der Waals surface area contributed by atoms with E-state index in [1.165, 1.54) is 18.2 Å². The molecule has 1 saturated heterocycles. The number of aromatic nitrogens is 2. The van der Waals surface area contributed by atoms with Crippen LogP contribution in [-0.2, 0) is 17.9 Å². The number of nitrogens with zero attached hydrogens (tertiary/aromatic N) is 4. The first-order valence-electron chi connectivity index (χ1n) is 11.3. The van der Waals surface area contributed by atoms with E-state index in [9.17, 15) is 27.2 Å². The van der Waals surface area contributed by atoms with E-state index in [4.69, 9.17) is 5.73 Å². The Balaban J connectivity index is 1.39. The van der Waals surface area contributed by atoms with Crippen LogP contribution in [0.25, 0.3) is 11.3 Å². The molecule has 2 aliphatic rings. The zero-order chi connectivity index (χ0) is 24.5. The van der Waals surface area contributed by atoms with Gasteiger partial charge in [0.15, 0.2) is 0 Å². The molecule has 1 fully saturated rings. The van der Waals surface area contributed by atoms with E-state index in [0.29, 0.717) is 62.4 Å². The molecule has 7 nitrogen and oxygen atoms in total. The van der Waals surface area contributed by atoms with Crippen LogP contribution in [0.2, 0.25) is 0 Å². The van der Waals surface area contributed by atoms with Crippen molar-refractivity contribution in [1.82, 2.24) is 19.6 Å². The van der Waals surface area contributed by atoms with Crippen molar-refractivity contribution in [2.24, 2.45) is 11.7 Å². The third-order valence-corrected chi connectivity index (χ3v) is 6.56. The van der Waals surface area contributed by atoms with Crippen LogP contribution in [-0.4, -0.2) is 63.7 Å². The molecule has 0 saturated carbocycles. The van der Waals surface area contributed by atoms with E-state index in [1.807, 2.05) is 0 Å². The molecule has 184 valence electrons. The molecule has 2 aromatic rings. The number of fused-ring (bicyclic) bond motifs is 1. The highest BCUT2D eigenvalue weighted by Crippen LogP contribution is 2.30. The van der Waals surface area contributed by atoms with Crippen molar-refractivity contribution in [2.75, 3.05) is 26.2 Å². The summed E-state index contributed by atoms with van der Waals surface area (Å²) in [6.07, 6.45) is -3.33. The number of nitrogens with two attached hydrogens (primary N) is 1. The fourth-order valence-corrected chi connectivity index (χ4v) is 4.70. The molecule has 0 radical (unpaired) electrons. The van der Waals surface area contributed by atoms with E-state index in [1.54, 1.807) is 20.5 Å². The van der Waals surface area contributed by atoms with Gasteiger partial charge in [0.25, 0.3) is 5.91 Å². The summed E-state index contributed by atoms with van der Waals surface area (Å²) in [6, 6.07) is 5.75. The van der Waals surface area contributed by atoms with Gasteiger partial charge >= 0.3 is 6.18 Å². The minimum Gasteiger partial charge on any atom is -0.365 e. The summed E-state index contributed by atoms with van der Waals surface area (Å²) in [4.78, 5) is 28.7. The molecule has 0 atom stereocenters. The summed E-state index contributed by atoms with van der Waals surface area (Å²) in [5, 5.41) is 4.46. The van der Waals surface area contributed by atoms with Gasteiger partial charge in [-0.25, -0.2) is 4.39 Å². The van der Waals surface area contributed by atoms with Crippen LogP contribution in [0.1, 0.15) is 41.7 Å². The fraction of sp³-hybridized carbons (Fsp3) is 0.522. The van der Waals surface area contributed by atoms with E-state index >= 15 is 0 Å². The van der Waals surface area contributed by atoms with Gasteiger partial charge in [0, 0.05) is 25.1 Å². The topological polar surface area (TPSA) is 84.5 Å². The molecule has 2 N–H and O–H groups in total. The molecular formula is C23H27F4N5O2. The second kappa shape index (κ2) is 9.73. The molecule has 0 unspecified atom stereocenters. The van der Waals surface area contributed by atoms with E-state index < -0.39 is 24.3 Å². The van der Waals surface area contributed by atoms with Crippen LogP contribution in [0.5, 0.6) is 0 Å². The van der Waals surface area contributed by atoms with Crippen molar-refractivity contribution in [3.05, 3.63) is 41.3 Å². The number of carbonyl (C=O) groups excluding carboxylic acids is 2. The summed E-state index contributed by atoms with van der Waals surface area (Å²) in [5.41, 5.74) is 7.06. The smallest absolute Gasteiger partial charge is 0.365 e. The molecule has 1 aromatic heterocycles. The maximum atomic E-state index is 13.7. The molecule has 34 heavy (non-hydrogen) atoms. The quantitative estimate of drug-likeness (QED) is 0.643. The number of hydrogen-bond donors (Lipinski definition) is 1. The van der Waals surface area contributed by atoms with Gasteiger partial charge in [-0.2, -0.15) is 18.3 Å². The highest BCUT2D eigenvalue weighted by atomic mass is 19.4. The SMILES string of the molecule is NC(=O)c1c(-c2cccc(F)c2)nn2c1CN(C(=O)CC1CCN(CCC(F)(F)F)CC1)CC2. The summed E-state index contributed by atoms with van der Waals surface area (Å²) in [6.45, 7) is 2.05. The minimum atomic E-state index is -4.16. The molecule has 0 bridgehead atoms. The first kappa shape index (κ1) is 24.2. The number of hydrogen-bond acceptors (Lipinski definition) is 4. The Kier molecular flexibility index (Phi) is 6.92. The number of halogens is 4. The zero-order valence-electron chi connectivity index (χ0n) is 18.7. The monoisotopic (exact) mass is 481 g/mol. The van der Waals surface area contributed by atoms with Gasteiger partial charge in [-0.15, -0.1) is 0 Å². The predicted octanol–water partition coefficient (Wildman–Crippen LogP) is 3.18. The zero-order valence-corrected chi connectivity index (χ0v) is 18.7. The van der Waals surface area contributed by atoms with Gasteiger partial charge < -0.3 is 15.5 Å². The lowest BCUT2D eigenvalue weighted by Crippen LogP contribution is -2.41. The average molecular weight is 481 g/mol. The van der Waals surface area contributed by atoms with Crippen LogP contribution in [0.3, 0.4) is 0 Å². The van der Waals surface area contributed by atoms with Crippen LogP contribution in [0, 0.1) is 11.7 Å². The Labute approximate surface area is 194 Å². The second-order valence-electron chi connectivity index (χ2n) is 8.94. The van der Waals surface area contributed by atoms with Crippen molar-refractivity contribution >= 4 is 11.8 Å². The lowest BCUT2D eigenvalue weighted by atomic mass is 9.92. The van der Waals surface area contributed by atoms with Gasteiger partial charge in [0.1, 0.15) is 11.5 Å². The third-order valence-electron chi connectivity index (χ3n) is 6.56. The summed E-state index contributed by atoms with van der Waals surface area (Å²) in [7, 11) is 0. The standard InChI is InChI=1S/C23H27F4N5O2/c24-17-3-1-2-16(13-17)21-20(22(28)34)18-14-31(10-11-32(18)29-21)19(33)12-15-4-7-30(8-5-15)9-6-23(25,26)27/h1-3,13,15H,4-12,14H2,(H2,28,34). The Morgan fingerprint density at radius 2 is 1.85 bits per heavy atom. The van der Waals surface area contributed by atoms with Crippen LogP contribution >= 0.6 is 0 Å². The molecule has 2 aliphatic heterocycles. The Morgan fingerprint density at radius 1 is 1.12 bits per heavy atom. The molecule has 0 spiro atoms. The lowest BCUT2D eigenvalue weighted by Gasteiger charge is -2.34. The summed E-state index contributed by atoms with van der Waals surface area (Å²) in [5.74, 6) is -1.11. The normalized spacial score (nSPS) is 17.6. The Bertz CT molecular complexity index is 1060. The first-order chi connectivity index (χ1) is 16.1. The van der Waals surface area contributed by atoms with Crippen molar-refractivity contribution in [2.45, 2.75) is 44.9 Å². The largest absolute Gasteiger partial charge is 0.390 e. The number of rotatable bonds is 6. The summed E-state index contributed by atoms with van der Waals surface area (Å²) < 4.78 is 52.7. The molecule has 3 heterocycles. The Morgan fingerprint density at radius 3 is 2.50 bits per heavy atom. The Hall–Kier alpha value is -2.95. The van der Waals surface area contributed by atoms with E-state index in [0.717, 1.165) is 0 Å².